The van der Waals surface area contributed by atoms with Gasteiger partial charge in [-0.05, 0) is 31.6 Å². The van der Waals surface area contributed by atoms with Crippen LogP contribution in [-0.2, 0) is 4.79 Å². The normalized spacial score (nSPS) is 25.3. The Morgan fingerprint density at radius 1 is 1.10 bits per heavy atom. The van der Waals surface area contributed by atoms with Crippen molar-refractivity contribution in [3.05, 3.63) is 0 Å². The molecule has 0 aromatic carbocycles. The van der Waals surface area contributed by atoms with Gasteiger partial charge in [-0.15, -0.1) is 0 Å². The number of urea groups is 1. The topological polar surface area (TPSA) is 52.7 Å². The van der Waals surface area contributed by atoms with Gasteiger partial charge >= 0.3 is 6.03 Å². The van der Waals surface area contributed by atoms with Crippen LogP contribution >= 0.6 is 0 Å². The van der Waals surface area contributed by atoms with Crippen molar-refractivity contribution in [1.29, 1.82) is 0 Å². The molecule has 3 amide bonds. The SMILES string of the molecule is O=C(CC1CCCC1)N1CCC(N2CCNC2=O)CC1. The fourth-order valence-corrected chi connectivity index (χ4v) is 3.85. The molecular formula is C15H25N3O2. The molecule has 1 saturated carbocycles. The maximum Gasteiger partial charge on any atom is 0.317 e. The van der Waals surface area contributed by atoms with Gasteiger partial charge in [0.25, 0.3) is 0 Å². The van der Waals surface area contributed by atoms with Crippen LogP contribution in [0.3, 0.4) is 0 Å². The molecule has 1 N–H and O–H groups in total. The summed E-state index contributed by atoms with van der Waals surface area (Å²) in [5, 5.41) is 2.86. The minimum Gasteiger partial charge on any atom is -0.343 e. The van der Waals surface area contributed by atoms with Crippen LogP contribution in [0.5, 0.6) is 0 Å². The fourth-order valence-electron chi connectivity index (χ4n) is 3.85. The van der Waals surface area contributed by atoms with E-state index >= 15 is 0 Å². The first-order chi connectivity index (χ1) is 9.74. The van der Waals surface area contributed by atoms with E-state index in [9.17, 15) is 9.59 Å². The zero-order valence-electron chi connectivity index (χ0n) is 12.1. The lowest BCUT2D eigenvalue weighted by Crippen LogP contribution is -2.47. The van der Waals surface area contributed by atoms with Gasteiger partial charge in [0.1, 0.15) is 0 Å². The summed E-state index contributed by atoms with van der Waals surface area (Å²) in [4.78, 5) is 27.9. The zero-order chi connectivity index (χ0) is 13.9. The molecular weight excluding hydrogens is 254 g/mol. The number of nitrogens with one attached hydrogen (secondary N) is 1. The number of nitrogens with zero attached hydrogens (tertiary/aromatic N) is 2. The predicted molar refractivity (Wildman–Crippen MR) is 76.3 cm³/mol. The molecule has 0 aromatic rings. The lowest BCUT2D eigenvalue weighted by Gasteiger charge is -2.36. The molecule has 0 atom stereocenters. The molecule has 5 heteroatoms. The summed E-state index contributed by atoms with van der Waals surface area (Å²) in [5.41, 5.74) is 0. The molecule has 3 aliphatic rings. The average Bonchev–Trinajstić information content (AvgIpc) is 3.10. The van der Waals surface area contributed by atoms with E-state index in [1.54, 1.807) is 0 Å². The molecule has 3 fully saturated rings. The van der Waals surface area contributed by atoms with Gasteiger partial charge < -0.3 is 15.1 Å². The van der Waals surface area contributed by atoms with E-state index in [4.69, 9.17) is 0 Å². The second-order valence-electron chi connectivity index (χ2n) is 6.39. The van der Waals surface area contributed by atoms with Gasteiger partial charge in [0.15, 0.2) is 0 Å². The lowest BCUT2D eigenvalue weighted by atomic mass is 10.00. The van der Waals surface area contributed by atoms with Gasteiger partial charge in [-0.2, -0.15) is 0 Å². The third-order valence-electron chi connectivity index (χ3n) is 5.09. The highest BCUT2D eigenvalue weighted by molar-refractivity contribution is 5.77. The summed E-state index contributed by atoms with van der Waals surface area (Å²) in [7, 11) is 0. The minimum absolute atomic E-state index is 0.0701. The van der Waals surface area contributed by atoms with Crippen LogP contribution in [0.2, 0.25) is 0 Å². The molecule has 0 radical (unpaired) electrons. The van der Waals surface area contributed by atoms with Crippen molar-refractivity contribution in [1.82, 2.24) is 15.1 Å². The number of rotatable bonds is 3. The van der Waals surface area contributed by atoms with Crippen molar-refractivity contribution in [2.24, 2.45) is 5.92 Å². The predicted octanol–water partition coefficient (Wildman–Crippen LogP) is 1.58. The van der Waals surface area contributed by atoms with E-state index in [-0.39, 0.29) is 6.03 Å². The number of hydrogen-bond donors (Lipinski definition) is 1. The molecule has 3 rings (SSSR count). The molecule has 0 unspecified atom stereocenters. The summed E-state index contributed by atoms with van der Waals surface area (Å²) >= 11 is 0. The smallest absolute Gasteiger partial charge is 0.317 e. The van der Waals surface area contributed by atoms with E-state index in [1.165, 1.54) is 25.7 Å². The van der Waals surface area contributed by atoms with Crippen LogP contribution in [0.1, 0.15) is 44.9 Å². The van der Waals surface area contributed by atoms with E-state index in [0.29, 0.717) is 17.9 Å². The summed E-state index contributed by atoms with van der Waals surface area (Å²) in [5.74, 6) is 0.964. The highest BCUT2D eigenvalue weighted by Crippen LogP contribution is 2.28. The van der Waals surface area contributed by atoms with Crippen LogP contribution in [0, 0.1) is 5.92 Å². The zero-order valence-corrected chi connectivity index (χ0v) is 12.1. The molecule has 2 heterocycles. The summed E-state index contributed by atoms with van der Waals surface area (Å²) < 4.78 is 0. The van der Waals surface area contributed by atoms with Crippen LogP contribution in [0.4, 0.5) is 4.79 Å². The molecule has 112 valence electrons. The maximum absolute atomic E-state index is 12.3. The summed E-state index contributed by atoms with van der Waals surface area (Å²) in [6.45, 7) is 3.22. The first-order valence-electron chi connectivity index (χ1n) is 8.06. The van der Waals surface area contributed by atoms with Crippen molar-refractivity contribution in [3.8, 4) is 0 Å². The van der Waals surface area contributed by atoms with Gasteiger partial charge in [0.2, 0.25) is 5.91 Å². The Hall–Kier alpha value is -1.26. The number of amides is 3. The van der Waals surface area contributed by atoms with Crippen LogP contribution in [0.15, 0.2) is 0 Å². The molecule has 20 heavy (non-hydrogen) atoms. The number of carbonyl (C=O) groups excluding carboxylic acids is 2. The molecule has 0 spiro atoms. The Labute approximate surface area is 120 Å². The van der Waals surface area contributed by atoms with Gasteiger partial charge in [-0.1, -0.05) is 12.8 Å². The second-order valence-corrected chi connectivity index (χ2v) is 6.39. The maximum atomic E-state index is 12.3. The van der Waals surface area contributed by atoms with Gasteiger partial charge in [0, 0.05) is 38.6 Å². The largest absolute Gasteiger partial charge is 0.343 e. The Morgan fingerprint density at radius 3 is 2.40 bits per heavy atom. The van der Waals surface area contributed by atoms with Gasteiger partial charge in [-0.3, -0.25) is 4.79 Å². The molecule has 5 nitrogen and oxygen atoms in total. The van der Waals surface area contributed by atoms with E-state index in [0.717, 1.165) is 45.4 Å². The van der Waals surface area contributed by atoms with Crippen molar-refractivity contribution in [2.45, 2.75) is 51.0 Å². The molecule has 2 saturated heterocycles. The monoisotopic (exact) mass is 279 g/mol. The standard InChI is InChI=1S/C15H25N3O2/c19-14(11-12-3-1-2-4-12)17-8-5-13(6-9-17)18-10-7-16-15(18)20/h12-13H,1-11H2,(H,16,20). The average molecular weight is 279 g/mol. The Kier molecular flexibility index (Phi) is 4.13. The molecule has 0 bridgehead atoms. The van der Waals surface area contributed by atoms with E-state index < -0.39 is 0 Å². The number of hydrogen-bond acceptors (Lipinski definition) is 2. The Balaban J connectivity index is 1.45. The van der Waals surface area contributed by atoms with E-state index in [2.05, 4.69) is 5.32 Å². The van der Waals surface area contributed by atoms with Crippen molar-refractivity contribution < 1.29 is 9.59 Å². The fraction of sp³-hybridized carbons (Fsp3) is 0.867. The second kappa shape index (κ2) is 6.02. The highest BCUT2D eigenvalue weighted by Gasteiger charge is 2.32. The van der Waals surface area contributed by atoms with Crippen LogP contribution in [-0.4, -0.2) is 54.0 Å². The lowest BCUT2D eigenvalue weighted by molar-refractivity contribution is -0.133. The summed E-state index contributed by atoms with van der Waals surface area (Å²) in [6, 6.07) is 0.397. The van der Waals surface area contributed by atoms with Crippen molar-refractivity contribution in [2.75, 3.05) is 26.2 Å². The molecule has 0 aromatic heterocycles. The quantitative estimate of drug-likeness (QED) is 0.853. The first kappa shape index (κ1) is 13.7. The highest BCUT2D eigenvalue weighted by atomic mass is 16.2. The summed E-state index contributed by atoms with van der Waals surface area (Å²) in [6.07, 6.45) is 7.67. The van der Waals surface area contributed by atoms with Crippen LogP contribution in [0.25, 0.3) is 0 Å². The van der Waals surface area contributed by atoms with Crippen molar-refractivity contribution >= 4 is 11.9 Å². The van der Waals surface area contributed by atoms with Gasteiger partial charge in [0.05, 0.1) is 0 Å². The Bertz CT molecular complexity index is 371. The number of carbonyl (C=O) groups is 2. The third-order valence-corrected chi connectivity index (χ3v) is 5.09. The number of piperidine rings is 1. The molecule has 1 aliphatic carbocycles. The first-order valence-corrected chi connectivity index (χ1v) is 8.06. The van der Waals surface area contributed by atoms with E-state index in [1.807, 2.05) is 9.80 Å². The Morgan fingerprint density at radius 2 is 1.80 bits per heavy atom. The van der Waals surface area contributed by atoms with Crippen molar-refractivity contribution in [3.63, 3.8) is 0 Å². The third kappa shape index (κ3) is 2.91. The minimum atomic E-state index is 0.0701. The molecule has 2 aliphatic heterocycles. The number of likely N-dealkylation sites (tertiary alicyclic amines) is 1. The van der Waals surface area contributed by atoms with Crippen LogP contribution < -0.4 is 5.32 Å². The van der Waals surface area contributed by atoms with Gasteiger partial charge in [-0.25, -0.2) is 4.79 Å².